The molecule has 2 heterocycles. The second kappa shape index (κ2) is 9.19. The maximum atomic E-state index is 12.3. The summed E-state index contributed by atoms with van der Waals surface area (Å²) < 4.78 is 10.2. The van der Waals surface area contributed by atoms with Gasteiger partial charge >= 0.3 is 0 Å². The molecule has 1 aromatic rings. The molecule has 2 aliphatic heterocycles. The van der Waals surface area contributed by atoms with Gasteiger partial charge in [0.25, 0.3) is 0 Å². The monoisotopic (exact) mass is 375 g/mol. The van der Waals surface area contributed by atoms with Crippen LogP contribution < -0.4 is 10.1 Å². The Morgan fingerprint density at radius 1 is 1.15 bits per heavy atom. The molecule has 7 nitrogen and oxygen atoms in total. The van der Waals surface area contributed by atoms with Gasteiger partial charge in [0.1, 0.15) is 12.4 Å². The van der Waals surface area contributed by atoms with Gasteiger partial charge in [0.2, 0.25) is 11.8 Å². The summed E-state index contributed by atoms with van der Waals surface area (Å²) in [4.78, 5) is 28.5. The number of benzene rings is 1. The lowest BCUT2D eigenvalue weighted by Gasteiger charge is -2.40. The number of hydrogen-bond acceptors (Lipinski definition) is 5. The maximum Gasteiger partial charge on any atom is 0.246 e. The van der Waals surface area contributed by atoms with Crippen molar-refractivity contribution in [1.82, 2.24) is 15.1 Å². The molecule has 0 aromatic heterocycles. The average molecular weight is 375 g/mol. The number of rotatable bonds is 7. The van der Waals surface area contributed by atoms with Crippen LogP contribution in [0.5, 0.6) is 5.75 Å². The first kappa shape index (κ1) is 19.6. The number of nitrogens with zero attached hydrogens (tertiary/aromatic N) is 2. The van der Waals surface area contributed by atoms with E-state index in [1.54, 1.807) is 7.11 Å². The Balaban J connectivity index is 1.68. The quantitative estimate of drug-likeness (QED) is 0.765. The fourth-order valence-electron chi connectivity index (χ4n) is 3.80. The van der Waals surface area contributed by atoms with Crippen LogP contribution in [-0.2, 0) is 14.3 Å². The molecule has 2 saturated heterocycles. The summed E-state index contributed by atoms with van der Waals surface area (Å²) in [5, 5.41) is 3.10. The molecule has 27 heavy (non-hydrogen) atoms. The molecule has 0 radical (unpaired) electrons. The number of piperidine rings is 1. The maximum absolute atomic E-state index is 12.3. The van der Waals surface area contributed by atoms with Gasteiger partial charge in [-0.1, -0.05) is 12.1 Å². The van der Waals surface area contributed by atoms with E-state index in [9.17, 15) is 9.59 Å². The van der Waals surface area contributed by atoms with Gasteiger partial charge in [-0.05, 0) is 37.1 Å². The molecule has 1 aromatic carbocycles. The van der Waals surface area contributed by atoms with E-state index in [2.05, 4.69) is 22.3 Å². The Hall–Kier alpha value is -2.12. The Morgan fingerprint density at radius 2 is 1.89 bits per heavy atom. The van der Waals surface area contributed by atoms with Crippen molar-refractivity contribution in [2.24, 2.45) is 0 Å². The summed E-state index contributed by atoms with van der Waals surface area (Å²) in [5.74, 6) is 1.08. The van der Waals surface area contributed by atoms with E-state index in [4.69, 9.17) is 9.47 Å². The van der Waals surface area contributed by atoms with Gasteiger partial charge in [-0.25, -0.2) is 0 Å². The van der Waals surface area contributed by atoms with Crippen molar-refractivity contribution in [2.75, 3.05) is 53.6 Å². The van der Waals surface area contributed by atoms with Crippen LogP contribution in [0.4, 0.5) is 0 Å². The summed E-state index contributed by atoms with van der Waals surface area (Å²) in [7, 11) is 3.16. The van der Waals surface area contributed by atoms with Crippen molar-refractivity contribution in [3.8, 4) is 5.75 Å². The van der Waals surface area contributed by atoms with Gasteiger partial charge < -0.3 is 19.7 Å². The molecular formula is C20H29N3O4. The molecule has 7 heteroatoms. The molecule has 2 amide bonds. The number of likely N-dealkylation sites (tertiary alicyclic amines) is 2. The van der Waals surface area contributed by atoms with Crippen LogP contribution in [0.25, 0.3) is 0 Å². The van der Waals surface area contributed by atoms with Crippen molar-refractivity contribution < 1.29 is 19.1 Å². The van der Waals surface area contributed by atoms with Crippen LogP contribution in [0, 0.1) is 0 Å². The lowest BCUT2D eigenvalue weighted by Crippen LogP contribution is -2.55. The van der Waals surface area contributed by atoms with Gasteiger partial charge in [0.05, 0.1) is 13.7 Å². The number of amides is 2. The fraction of sp³-hybridized carbons (Fsp3) is 0.600. The average Bonchev–Trinajstić information content (AvgIpc) is 2.61. The summed E-state index contributed by atoms with van der Waals surface area (Å²) in [6, 6.07) is 7.95. The highest BCUT2D eigenvalue weighted by Crippen LogP contribution is 2.30. The smallest absolute Gasteiger partial charge is 0.246 e. The predicted molar refractivity (Wildman–Crippen MR) is 102 cm³/mol. The zero-order valence-corrected chi connectivity index (χ0v) is 16.1. The molecule has 3 rings (SSSR count). The molecule has 0 spiro atoms. The van der Waals surface area contributed by atoms with E-state index in [0.717, 1.165) is 38.2 Å². The molecule has 2 atom stereocenters. The standard InChI is InChI=1S/C20H29N3O4/c1-26-14-19(24)21-18-12-22(13-20(25)23-9-3-10-23)11-8-17(18)15-4-6-16(27-2)7-5-15/h4-7,17-18H,3,8-14H2,1-2H3,(H,21,24)/t17-,18-/m1/s1. The van der Waals surface area contributed by atoms with E-state index in [1.165, 1.54) is 12.7 Å². The first-order valence-electron chi connectivity index (χ1n) is 9.53. The minimum absolute atomic E-state index is 0.0402. The molecule has 0 aliphatic carbocycles. The molecule has 2 fully saturated rings. The van der Waals surface area contributed by atoms with E-state index in [0.29, 0.717) is 13.1 Å². The van der Waals surface area contributed by atoms with Crippen molar-refractivity contribution in [2.45, 2.75) is 24.8 Å². The van der Waals surface area contributed by atoms with Crippen molar-refractivity contribution in [3.63, 3.8) is 0 Å². The molecule has 0 unspecified atom stereocenters. The molecule has 0 saturated carbocycles. The van der Waals surface area contributed by atoms with Gasteiger partial charge in [-0.3, -0.25) is 14.5 Å². The van der Waals surface area contributed by atoms with Crippen molar-refractivity contribution in [1.29, 1.82) is 0 Å². The lowest BCUT2D eigenvalue weighted by atomic mass is 9.85. The topological polar surface area (TPSA) is 71.1 Å². The minimum Gasteiger partial charge on any atom is -0.497 e. The number of hydrogen-bond donors (Lipinski definition) is 1. The number of ether oxygens (including phenoxy) is 2. The zero-order valence-electron chi connectivity index (χ0n) is 16.1. The second-order valence-electron chi connectivity index (χ2n) is 7.24. The summed E-state index contributed by atoms with van der Waals surface area (Å²) in [5.41, 5.74) is 1.17. The van der Waals surface area contributed by atoms with Gasteiger partial charge in [0.15, 0.2) is 0 Å². The van der Waals surface area contributed by atoms with E-state index in [-0.39, 0.29) is 30.4 Å². The first-order chi connectivity index (χ1) is 13.1. The highest BCUT2D eigenvalue weighted by atomic mass is 16.5. The summed E-state index contributed by atoms with van der Waals surface area (Å²) in [6.07, 6.45) is 1.98. The Morgan fingerprint density at radius 3 is 2.48 bits per heavy atom. The van der Waals surface area contributed by atoms with Crippen molar-refractivity contribution in [3.05, 3.63) is 29.8 Å². The molecule has 1 N–H and O–H groups in total. The van der Waals surface area contributed by atoms with Crippen LogP contribution >= 0.6 is 0 Å². The van der Waals surface area contributed by atoms with E-state index in [1.807, 2.05) is 17.0 Å². The Kier molecular flexibility index (Phi) is 6.68. The Labute approximate surface area is 160 Å². The molecule has 0 bridgehead atoms. The second-order valence-corrected chi connectivity index (χ2v) is 7.24. The van der Waals surface area contributed by atoms with Crippen LogP contribution in [0.2, 0.25) is 0 Å². The third-order valence-electron chi connectivity index (χ3n) is 5.43. The number of carbonyl (C=O) groups is 2. The van der Waals surface area contributed by atoms with E-state index < -0.39 is 0 Å². The largest absolute Gasteiger partial charge is 0.497 e. The van der Waals surface area contributed by atoms with Gasteiger partial charge in [0, 0.05) is 38.7 Å². The number of carbonyl (C=O) groups excluding carboxylic acids is 2. The normalized spacial score (nSPS) is 22.8. The molecule has 2 aliphatic rings. The minimum atomic E-state index is -0.128. The van der Waals surface area contributed by atoms with Crippen LogP contribution in [0.15, 0.2) is 24.3 Å². The van der Waals surface area contributed by atoms with Crippen LogP contribution in [0.1, 0.15) is 24.3 Å². The van der Waals surface area contributed by atoms with Crippen molar-refractivity contribution >= 4 is 11.8 Å². The number of methoxy groups -OCH3 is 2. The SMILES string of the molecule is COCC(=O)N[C@@H]1CN(CC(=O)N2CCC2)CC[C@@H]1c1ccc(OC)cc1. The lowest BCUT2D eigenvalue weighted by molar-refractivity contribution is -0.136. The van der Waals surface area contributed by atoms with Crippen LogP contribution in [-0.4, -0.2) is 81.2 Å². The molecular weight excluding hydrogens is 346 g/mol. The fourth-order valence-corrected chi connectivity index (χ4v) is 3.80. The van der Waals surface area contributed by atoms with Crippen LogP contribution in [0.3, 0.4) is 0 Å². The third kappa shape index (κ3) is 4.99. The third-order valence-corrected chi connectivity index (χ3v) is 5.43. The highest BCUT2D eigenvalue weighted by molar-refractivity contribution is 5.79. The van der Waals surface area contributed by atoms with E-state index >= 15 is 0 Å². The van der Waals surface area contributed by atoms with Gasteiger partial charge in [-0.2, -0.15) is 0 Å². The first-order valence-corrected chi connectivity index (χ1v) is 9.53. The summed E-state index contributed by atoms with van der Waals surface area (Å²) >= 11 is 0. The number of nitrogens with one attached hydrogen (secondary N) is 1. The highest BCUT2D eigenvalue weighted by Gasteiger charge is 2.33. The molecule has 148 valence electrons. The Bertz CT molecular complexity index is 645. The zero-order chi connectivity index (χ0) is 19.2. The predicted octanol–water partition coefficient (Wildman–Crippen LogP) is 0.848. The van der Waals surface area contributed by atoms with Gasteiger partial charge in [-0.15, -0.1) is 0 Å². The summed E-state index contributed by atoms with van der Waals surface area (Å²) in [6.45, 7) is 3.70.